The monoisotopic (exact) mass is 351 g/mol. The first-order valence-electron chi connectivity index (χ1n) is 8.41. The van der Waals surface area contributed by atoms with Crippen LogP contribution in [0.4, 0.5) is 0 Å². The summed E-state index contributed by atoms with van der Waals surface area (Å²) in [6.07, 6.45) is 6.26. The quantitative estimate of drug-likeness (QED) is 0.711. The summed E-state index contributed by atoms with van der Waals surface area (Å²) in [5, 5.41) is 2.69. The standard InChI is InChI=1S/C17H25N3O3S/c1-11-8-9-14(24-11)17(23)20-19-16(22)12(2)18-15(21)10-13-6-4-3-5-7-13/h8-9,12-13H,3-7,10H2,1-2H3,(H,18,21)(H,19,22)(H,20,23). The second kappa shape index (κ2) is 8.82. The minimum atomic E-state index is -0.688. The highest BCUT2D eigenvalue weighted by atomic mass is 32.1. The SMILES string of the molecule is Cc1ccc(C(=O)NNC(=O)C(C)NC(=O)CC2CCCCC2)s1. The van der Waals surface area contributed by atoms with Crippen LogP contribution in [0.15, 0.2) is 12.1 Å². The van der Waals surface area contributed by atoms with E-state index in [1.165, 1.54) is 30.6 Å². The van der Waals surface area contributed by atoms with Crippen LogP contribution in [0, 0.1) is 12.8 Å². The van der Waals surface area contributed by atoms with E-state index < -0.39 is 11.9 Å². The fourth-order valence-electron chi connectivity index (χ4n) is 2.86. The number of nitrogens with one attached hydrogen (secondary N) is 3. The van der Waals surface area contributed by atoms with Crippen molar-refractivity contribution < 1.29 is 14.4 Å². The molecule has 3 N–H and O–H groups in total. The average Bonchev–Trinajstić information content (AvgIpc) is 2.99. The van der Waals surface area contributed by atoms with Gasteiger partial charge in [0.1, 0.15) is 6.04 Å². The fourth-order valence-corrected chi connectivity index (χ4v) is 3.63. The molecule has 0 bridgehead atoms. The second-order valence-electron chi connectivity index (χ2n) is 6.35. The Bertz CT molecular complexity index is 594. The topological polar surface area (TPSA) is 87.3 Å². The molecule has 3 amide bonds. The van der Waals surface area contributed by atoms with Crippen LogP contribution in [0.25, 0.3) is 0 Å². The zero-order valence-electron chi connectivity index (χ0n) is 14.2. The van der Waals surface area contributed by atoms with Crippen molar-refractivity contribution in [1.82, 2.24) is 16.2 Å². The van der Waals surface area contributed by atoms with E-state index in [1.807, 2.05) is 13.0 Å². The Morgan fingerprint density at radius 2 is 1.88 bits per heavy atom. The zero-order chi connectivity index (χ0) is 17.5. The first-order valence-corrected chi connectivity index (χ1v) is 9.23. The predicted molar refractivity (Wildman–Crippen MR) is 93.5 cm³/mol. The van der Waals surface area contributed by atoms with Crippen LogP contribution in [0.3, 0.4) is 0 Å². The van der Waals surface area contributed by atoms with Gasteiger partial charge in [0, 0.05) is 11.3 Å². The first-order chi connectivity index (χ1) is 11.5. The first kappa shape index (κ1) is 18.4. The summed E-state index contributed by atoms with van der Waals surface area (Å²) in [6, 6.07) is 2.86. The lowest BCUT2D eigenvalue weighted by Gasteiger charge is -2.22. The fraction of sp³-hybridized carbons (Fsp3) is 0.588. The van der Waals surface area contributed by atoms with Crippen LogP contribution in [-0.4, -0.2) is 23.8 Å². The summed E-state index contributed by atoms with van der Waals surface area (Å²) in [5.41, 5.74) is 4.72. The van der Waals surface area contributed by atoms with Crippen molar-refractivity contribution in [3.8, 4) is 0 Å². The van der Waals surface area contributed by atoms with Crippen molar-refractivity contribution in [3.05, 3.63) is 21.9 Å². The van der Waals surface area contributed by atoms with Crippen molar-refractivity contribution in [2.75, 3.05) is 0 Å². The lowest BCUT2D eigenvalue weighted by atomic mass is 9.87. The molecule has 1 aromatic heterocycles. The van der Waals surface area contributed by atoms with E-state index in [0.717, 1.165) is 17.7 Å². The minimum Gasteiger partial charge on any atom is -0.345 e. The molecule has 1 aliphatic rings. The van der Waals surface area contributed by atoms with Gasteiger partial charge < -0.3 is 5.32 Å². The highest BCUT2D eigenvalue weighted by Gasteiger charge is 2.21. The van der Waals surface area contributed by atoms with Gasteiger partial charge in [0.15, 0.2) is 0 Å². The van der Waals surface area contributed by atoms with Gasteiger partial charge in [0.25, 0.3) is 11.8 Å². The molecule has 0 saturated heterocycles. The van der Waals surface area contributed by atoms with Crippen molar-refractivity contribution in [3.63, 3.8) is 0 Å². The molecule has 1 atom stereocenters. The Labute approximate surface area is 146 Å². The van der Waals surface area contributed by atoms with Gasteiger partial charge in [-0.1, -0.05) is 19.3 Å². The van der Waals surface area contributed by atoms with Gasteiger partial charge in [-0.2, -0.15) is 0 Å². The molecule has 0 aromatic carbocycles. The Morgan fingerprint density at radius 3 is 2.50 bits per heavy atom. The number of hydrazine groups is 1. The molecule has 132 valence electrons. The Hall–Kier alpha value is -1.89. The van der Waals surface area contributed by atoms with E-state index in [4.69, 9.17) is 0 Å². The molecule has 0 radical (unpaired) electrons. The van der Waals surface area contributed by atoms with Gasteiger partial charge in [-0.05, 0) is 44.7 Å². The summed E-state index contributed by atoms with van der Waals surface area (Å²) < 4.78 is 0. The predicted octanol–water partition coefficient (Wildman–Crippen LogP) is 2.29. The van der Waals surface area contributed by atoms with Gasteiger partial charge in [0.2, 0.25) is 5.91 Å². The lowest BCUT2D eigenvalue weighted by molar-refractivity contribution is -0.129. The number of hydrogen-bond donors (Lipinski definition) is 3. The van der Waals surface area contributed by atoms with Gasteiger partial charge >= 0.3 is 0 Å². The summed E-state index contributed by atoms with van der Waals surface area (Å²) >= 11 is 1.35. The zero-order valence-corrected chi connectivity index (χ0v) is 15.0. The number of rotatable bonds is 5. The van der Waals surface area contributed by atoms with Crippen LogP contribution in [-0.2, 0) is 9.59 Å². The van der Waals surface area contributed by atoms with E-state index in [-0.39, 0.29) is 11.8 Å². The van der Waals surface area contributed by atoms with Crippen molar-refractivity contribution in [1.29, 1.82) is 0 Å². The lowest BCUT2D eigenvalue weighted by Crippen LogP contribution is -2.51. The number of aryl methyl sites for hydroxylation is 1. The molecule has 0 aliphatic heterocycles. The summed E-state index contributed by atoms with van der Waals surface area (Å²) in [4.78, 5) is 37.4. The molecule has 1 unspecified atom stereocenters. The van der Waals surface area contributed by atoms with E-state index >= 15 is 0 Å². The third-order valence-electron chi connectivity index (χ3n) is 4.23. The number of hydrogen-bond acceptors (Lipinski definition) is 4. The van der Waals surface area contributed by atoms with E-state index in [9.17, 15) is 14.4 Å². The smallest absolute Gasteiger partial charge is 0.279 e. The molecular weight excluding hydrogens is 326 g/mol. The van der Waals surface area contributed by atoms with E-state index in [0.29, 0.717) is 17.2 Å². The Morgan fingerprint density at radius 1 is 1.17 bits per heavy atom. The van der Waals surface area contributed by atoms with Gasteiger partial charge in [-0.3, -0.25) is 25.2 Å². The Kier molecular flexibility index (Phi) is 6.78. The third-order valence-corrected chi connectivity index (χ3v) is 5.23. The highest BCUT2D eigenvalue weighted by molar-refractivity contribution is 7.13. The van der Waals surface area contributed by atoms with Gasteiger partial charge in [-0.15, -0.1) is 11.3 Å². The molecule has 1 aromatic rings. The van der Waals surface area contributed by atoms with E-state index in [2.05, 4.69) is 16.2 Å². The second-order valence-corrected chi connectivity index (χ2v) is 7.64. The van der Waals surface area contributed by atoms with Crippen molar-refractivity contribution >= 4 is 29.1 Å². The maximum Gasteiger partial charge on any atom is 0.279 e. The molecule has 6 nitrogen and oxygen atoms in total. The average molecular weight is 351 g/mol. The van der Waals surface area contributed by atoms with Gasteiger partial charge in [-0.25, -0.2) is 0 Å². The summed E-state index contributed by atoms with van der Waals surface area (Å²) in [7, 11) is 0. The van der Waals surface area contributed by atoms with Crippen LogP contribution >= 0.6 is 11.3 Å². The maximum atomic E-state index is 12.0. The third kappa shape index (κ3) is 5.63. The molecule has 1 aliphatic carbocycles. The van der Waals surface area contributed by atoms with Gasteiger partial charge in [0.05, 0.1) is 4.88 Å². The Balaban J connectivity index is 1.71. The molecule has 0 spiro atoms. The normalized spacial score (nSPS) is 16.2. The molecule has 1 fully saturated rings. The molecular formula is C17H25N3O3S. The number of carbonyl (C=O) groups is 3. The maximum absolute atomic E-state index is 12.0. The summed E-state index contributed by atoms with van der Waals surface area (Å²) in [6.45, 7) is 3.51. The number of thiophene rings is 1. The molecule has 7 heteroatoms. The van der Waals surface area contributed by atoms with E-state index in [1.54, 1.807) is 13.0 Å². The minimum absolute atomic E-state index is 0.107. The number of carbonyl (C=O) groups excluding carboxylic acids is 3. The molecule has 24 heavy (non-hydrogen) atoms. The largest absolute Gasteiger partial charge is 0.345 e. The van der Waals surface area contributed by atoms with Crippen LogP contribution in [0.5, 0.6) is 0 Å². The molecule has 1 saturated carbocycles. The van der Waals surface area contributed by atoms with Crippen LogP contribution < -0.4 is 16.2 Å². The molecule has 1 heterocycles. The van der Waals surface area contributed by atoms with Crippen molar-refractivity contribution in [2.45, 2.75) is 58.4 Å². The van der Waals surface area contributed by atoms with Crippen LogP contribution in [0.2, 0.25) is 0 Å². The van der Waals surface area contributed by atoms with Crippen molar-refractivity contribution in [2.24, 2.45) is 5.92 Å². The highest BCUT2D eigenvalue weighted by Crippen LogP contribution is 2.26. The number of amides is 3. The van der Waals surface area contributed by atoms with Crippen LogP contribution in [0.1, 0.15) is 60.0 Å². The summed E-state index contributed by atoms with van der Waals surface area (Å²) in [5.74, 6) is -0.476. The molecule has 2 rings (SSSR count).